The lowest BCUT2D eigenvalue weighted by molar-refractivity contribution is -0.126. The van der Waals surface area contributed by atoms with Crippen molar-refractivity contribution in [2.24, 2.45) is 0 Å². The van der Waals surface area contributed by atoms with Crippen LogP contribution in [-0.2, 0) is 9.53 Å². The average molecular weight is 251 g/mol. The summed E-state index contributed by atoms with van der Waals surface area (Å²) in [5.74, 6) is 0.524. The summed E-state index contributed by atoms with van der Waals surface area (Å²) in [6.45, 7) is 9.85. The minimum atomic E-state index is -0.486. The van der Waals surface area contributed by atoms with Gasteiger partial charge in [-0.25, -0.2) is 4.68 Å². The minimum absolute atomic E-state index is 0.165. The van der Waals surface area contributed by atoms with Crippen molar-refractivity contribution in [1.29, 1.82) is 0 Å². The Balaban J connectivity index is 2.53. The lowest BCUT2D eigenvalue weighted by Gasteiger charge is -2.15. The summed E-state index contributed by atoms with van der Waals surface area (Å²) in [5.41, 5.74) is 0. The number of hydrogen-bond acceptors (Lipinski definition) is 3. The molecule has 1 amide bonds. The topological polar surface area (TPSA) is 56.1 Å². The van der Waals surface area contributed by atoms with Crippen LogP contribution in [0.15, 0.2) is 24.9 Å². The molecule has 1 aromatic rings. The van der Waals surface area contributed by atoms with Crippen molar-refractivity contribution in [3.05, 3.63) is 24.9 Å². The van der Waals surface area contributed by atoms with Gasteiger partial charge < -0.3 is 10.1 Å². The maximum atomic E-state index is 11.9. The van der Waals surface area contributed by atoms with Crippen LogP contribution in [0.3, 0.4) is 0 Å². The summed E-state index contributed by atoms with van der Waals surface area (Å²) in [4.78, 5) is 11.9. The first-order valence-electron chi connectivity index (χ1n) is 6.13. The van der Waals surface area contributed by atoms with Gasteiger partial charge in [-0.2, -0.15) is 5.10 Å². The van der Waals surface area contributed by atoms with Crippen molar-refractivity contribution in [3.8, 4) is 0 Å². The zero-order valence-corrected chi connectivity index (χ0v) is 11.2. The third kappa shape index (κ3) is 4.00. The largest absolute Gasteiger partial charge is 0.368 e. The molecule has 0 bridgehead atoms. The van der Waals surface area contributed by atoms with Crippen LogP contribution in [-0.4, -0.2) is 28.4 Å². The Labute approximate surface area is 108 Å². The molecule has 0 radical (unpaired) electrons. The molecule has 0 aliphatic heterocycles. The second-order valence-electron chi connectivity index (χ2n) is 4.33. The van der Waals surface area contributed by atoms with Gasteiger partial charge >= 0.3 is 0 Å². The van der Waals surface area contributed by atoms with Crippen molar-refractivity contribution in [3.63, 3.8) is 0 Å². The van der Waals surface area contributed by atoms with E-state index in [1.807, 2.05) is 13.8 Å². The number of ether oxygens (including phenoxy) is 1. The second-order valence-corrected chi connectivity index (χ2v) is 4.33. The molecule has 1 heterocycles. The minimum Gasteiger partial charge on any atom is -0.368 e. The number of carbonyl (C=O) groups is 1. The van der Waals surface area contributed by atoms with E-state index < -0.39 is 6.10 Å². The van der Waals surface area contributed by atoms with Gasteiger partial charge in [0.25, 0.3) is 5.91 Å². The van der Waals surface area contributed by atoms with Gasteiger partial charge in [-0.3, -0.25) is 4.79 Å². The molecule has 0 aromatic carbocycles. The van der Waals surface area contributed by atoms with Crippen molar-refractivity contribution >= 4 is 11.7 Å². The maximum Gasteiger partial charge on any atom is 0.254 e. The average Bonchev–Trinajstić information content (AvgIpc) is 2.77. The Kier molecular flexibility index (Phi) is 5.58. The van der Waals surface area contributed by atoms with E-state index in [0.29, 0.717) is 12.4 Å². The standard InChI is InChI=1S/C13H21N3O2/c1-5-6-9-18-11(4)13(17)15-12-7-8-14-16(12)10(2)3/h5,7-8,10-11H,1,6,9H2,2-4H3,(H,15,17). The summed E-state index contributed by atoms with van der Waals surface area (Å²) in [7, 11) is 0. The van der Waals surface area contributed by atoms with Crippen LogP contribution in [0.1, 0.15) is 33.2 Å². The highest BCUT2D eigenvalue weighted by Gasteiger charge is 2.15. The van der Waals surface area contributed by atoms with Crippen LogP contribution < -0.4 is 5.32 Å². The van der Waals surface area contributed by atoms with Gasteiger partial charge in [0.1, 0.15) is 11.9 Å². The van der Waals surface area contributed by atoms with Crippen LogP contribution in [0.5, 0.6) is 0 Å². The molecular formula is C13H21N3O2. The third-order valence-electron chi connectivity index (χ3n) is 2.47. The van der Waals surface area contributed by atoms with Gasteiger partial charge in [-0.1, -0.05) is 6.08 Å². The number of carbonyl (C=O) groups excluding carboxylic acids is 1. The summed E-state index contributed by atoms with van der Waals surface area (Å²) in [6, 6.07) is 1.97. The Morgan fingerprint density at radius 2 is 2.33 bits per heavy atom. The van der Waals surface area contributed by atoms with E-state index in [1.54, 1.807) is 29.9 Å². The highest BCUT2D eigenvalue weighted by molar-refractivity contribution is 5.93. The highest BCUT2D eigenvalue weighted by Crippen LogP contribution is 2.13. The lowest BCUT2D eigenvalue weighted by atomic mass is 10.3. The monoisotopic (exact) mass is 251 g/mol. The second kappa shape index (κ2) is 6.96. The molecule has 0 saturated heterocycles. The molecular weight excluding hydrogens is 230 g/mol. The summed E-state index contributed by atoms with van der Waals surface area (Å²) in [6.07, 6.45) is 3.68. The van der Waals surface area contributed by atoms with E-state index in [0.717, 1.165) is 6.42 Å². The zero-order chi connectivity index (χ0) is 13.5. The van der Waals surface area contributed by atoms with Crippen LogP contribution in [0.4, 0.5) is 5.82 Å². The van der Waals surface area contributed by atoms with Gasteiger partial charge in [-0.15, -0.1) is 6.58 Å². The predicted octanol–water partition coefficient (Wildman–Crippen LogP) is 2.38. The molecule has 0 aliphatic rings. The molecule has 0 saturated carbocycles. The van der Waals surface area contributed by atoms with Gasteiger partial charge in [-0.05, 0) is 27.2 Å². The van der Waals surface area contributed by atoms with E-state index in [2.05, 4.69) is 17.0 Å². The first-order chi connectivity index (χ1) is 8.56. The van der Waals surface area contributed by atoms with E-state index in [9.17, 15) is 4.79 Å². The first-order valence-corrected chi connectivity index (χ1v) is 6.13. The van der Waals surface area contributed by atoms with Crippen molar-refractivity contribution < 1.29 is 9.53 Å². The van der Waals surface area contributed by atoms with Gasteiger partial charge in [0, 0.05) is 12.1 Å². The number of nitrogens with zero attached hydrogens (tertiary/aromatic N) is 2. The molecule has 5 heteroatoms. The fourth-order valence-corrected chi connectivity index (χ4v) is 1.46. The normalized spacial score (nSPS) is 12.4. The van der Waals surface area contributed by atoms with E-state index in [-0.39, 0.29) is 11.9 Å². The fourth-order valence-electron chi connectivity index (χ4n) is 1.46. The Morgan fingerprint density at radius 1 is 1.61 bits per heavy atom. The number of amides is 1. The summed E-state index contributed by atoms with van der Waals surface area (Å²) in [5, 5.41) is 6.96. The fraction of sp³-hybridized carbons (Fsp3) is 0.538. The van der Waals surface area contributed by atoms with E-state index in [4.69, 9.17) is 4.74 Å². The quantitative estimate of drug-likeness (QED) is 0.598. The SMILES string of the molecule is C=CCCOC(C)C(=O)Nc1ccnn1C(C)C. The summed E-state index contributed by atoms with van der Waals surface area (Å²) >= 11 is 0. The van der Waals surface area contributed by atoms with Crippen LogP contribution in [0.25, 0.3) is 0 Å². The summed E-state index contributed by atoms with van der Waals surface area (Å²) < 4.78 is 7.14. The third-order valence-corrected chi connectivity index (χ3v) is 2.47. The number of aromatic nitrogens is 2. The lowest BCUT2D eigenvalue weighted by Crippen LogP contribution is -2.29. The molecule has 100 valence electrons. The van der Waals surface area contributed by atoms with Crippen molar-refractivity contribution in [2.45, 2.75) is 39.3 Å². The maximum absolute atomic E-state index is 11.9. The molecule has 0 aliphatic carbocycles. The van der Waals surface area contributed by atoms with Gasteiger partial charge in [0.2, 0.25) is 0 Å². The molecule has 1 rings (SSSR count). The number of nitrogens with one attached hydrogen (secondary N) is 1. The predicted molar refractivity (Wildman–Crippen MR) is 71.5 cm³/mol. The van der Waals surface area contributed by atoms with Gasteiger partial charge in [0.15, 0.2) is 0 Å². The molecule has 18 heavy (non-hydrogen) atoms. The van der Waals surface area contributed by atoms with Gasteiger partial charge in [0.05, 0.1) is 12.8 Å². The Hall–Kier alpha value is -1.62. The van der Waals surface area contributed by atoms with E-state index >= 15 is 0 Å². The van der Waals surface area contributed by atoms with Crippen LogP contribution in [0, 0.1) is 0 Å². The van der Waals surface area contributed by atoms with E-state index in [1.165, 1.54) is 0 Å². The molecule has 1 aromatic heterocycles. The molecule has 5 nitrogen and oxygen atoms in total. The highest BCUT2D eigenvalue weighted by atomic mass is 16.5. The Morgan fingerprint density at radius 3 is 2.94 bits per heavy atom. The number of rotatable bonds is 7. The zero-order valence-electron chi connectivity index (χ0n) is 11.2. The molecule has 0 fully saturated rings. The molecule has 1 unspecified atom stereocenters. The smallest absolute Gasteiger partial charge is 0.254 e. The molecule has 0 spiro atoms. The van der Waals surface area contributed by atoms with Crippen molar-refractivity contribution in [1.82, 2.24) is 9.78 Å². The number of hydrogen-bond donors (Lipinski definition) is 1. The molecule has 1 N–H and O–H groups in total. The molecule has 1 atom stereocenters. The van der Waals surface area contributed by atoms with Crippen LogP contribution in [0.2, 0.25) is 0 Å². The van der Waals surface area contributed by atoms with Crippen LogP contribution >= 0.6 is 0 Å². The Bertz CT molecular complexity index is 399. The van der Waals surface area contributed by atoms with Crippen molar-refractivity contribution in [2.75, 3.05) is 11.9 Å². The number of anilines is 1. The first kappa shape index (κ1) is 14.4.